The lowest BCUT2D eigenvalue weighted by Crippen LogP contribution is -2.30. The monoisotopic (exact) mass is 361 g/mol. The van der Waals surface area contributed by atoms with Crippen molar-refractivity contribution in [3.8, 4) is 0 Å². The van der Waals surface area contributed by atoms with Gasteiger partial charge in [-0.1, -0.05) is 6.07 Å². The zero-order chi connectivity index (χ0) is 19.3. The lowest BCUT2D eigenvalue weighted by atomic mass is 10.1. The van der Waals surface area contributed by atoms with E-state index in [2.05, 4.69) is 10.6 Å². The van der Waals surface area contributed by atoms with Crippen LogP contribution in [-0.4, -0.2) is 37.4 Å². The van der Waals surface area contributed by atoms with Gasteiger partial charge in [-0.15, -0.1) is 0 Å². The normalized spacial score (nSPS) is 11.7. The van der Waals surface area contributed by atoms with Gasteiger partial charge in [0.05, 0.1) is 6.54 Å². The molecular formula is C19H21F2N3O2. The largest absolute Gasteiger partial charge is 0.345 e. The van der Waals surface area contributed by atoms with Crippen LogP contribution < -0.4 is 10.6 Å². The molecule has 0 saturated carbocycles. The average Bonchev–Trinajstić information content (AvgIpc) is 2.59. The lowest BCUT2D eigenvalue weighted by Gasteiger charge is -2.15. The number of halogens is 2. The van der Waals surface area contributed by atoms with E-state index in [0.717, 1.165) is 6.07 Å². The molecule has 0 aromatic heterocycles. The van der Waals surface area contributed by atoms with Crippen LogP contribution in [0.15, 0.2) is 42.5 Å². The smallest absolute Gasteiger partial charge is 0.253 e. The van der Waals surface area contributed by atoms with Crippen molar-refractivity contribution in [2.24, 2.45) is 0 Å². The first-order valence-electron chi connectivity index (χ1n) is 8.08. The molecule has 0 aliphatic carbocycles. The molecule has 1 atom stereocenters. The van der Waals surface area contributed by atoms with Crippen LogP contribution in [0.3, 0.4) is 0 Å². The van der Waals surface area contributed by atoms with Crippen molar-refractivity contribution in [2.75, 3.05) is 26.0 Å². The third kappa shape index (κ3) is 5.10. The maximum Gasteiger partial charge on any atom is 0.253 e. The van der Waals surface area contributed by atoms with Crippen molar-refractivity contribution in [3.05, 3.63) is 65.2 Å². The summed E-state index contributed by atoms with van der Waals surface area (Å²) in [6.07, 6.45) is 0. The lowest BCUT2D eigenvalue weighted by molar-refractivity contribution is -0.115. The predicted molar refractivity (Wildman–Crippen MR) is 95.9 cm³/mol. The van der Waals surface area contributed by atoms with Gasteiger partial charge in [-0.2, -0.15) is 0 Å². The van der Waals surface area contributed by atoms with E-state index in [4.69, 9.17) is 0 Å². The first-order chi connectivity index (χ1) is 12.3. The minimum absolute atomic E-state index is 0.0453. The molecule has 7 heteroatoms. The molecule has 2 amide bonds. The van der Waals surface area contributed by atoms with E-state index in [1.807, 2.05) is 0 Å². The zero-order valence-corrected chi connectivity index (χ0v) is 14.8. The molecule has 0 bridgehead atoms. The van der Waals surface area contributed by atoms with Crippen LogP contribution in [0.2, 0.25) is 0 Å². The van der Waals surface area contributed by atoms with Crippen LogP contribution in [0.1, 0.15) is 28.9 Å². The van der Waals surface area contributed by atoms with Gasteiger partial charge in [0.25, 0.3) is 5.91 Å². The third-order valence-corrected chi connectivity index (χ3v) is 3.82. The number of hydrogen-bond donors (Lipinski definition) is 2. The third-order valence-electron chi connectivity index (χ3n) is 3.82. The number of benzene rings is 2. The highest BCUT2D eigenvalue weighted by atomic mass is 19.1. The Balaban J connectivity index is 1.89. The molecule has 2 N–H and O–H groups in total. The van der Waals surface area contributed by atoms with Gasteiger partial charge in [-0.05, 0) is 37.3 Å². The summed E-state index contributed by atoms with van der Waals surface area (Å²) in [5, 5.41) is 5.58. The van der Waals surface area contributed by atoms with E-state index < -0.39 is 17.7 Å². The summed E-state index contributed by atoms with van der Waals surface area (Å²) < 4.78 is 26.7. The minimum Gasteiger partial charge on any atom is -0.345 e. The van der Waals surface area contributed by atoms with Crippen LogP contribution in [-0.2, 0) is 4.79 Å². The SMILES string of the molecule is C[C@H](NCC(=O)Nc1ccc(C(=O)N(C)C)cc1)c1ccc(F)cc1F. The summed E-state index contributed by atoms with van der Waals surface area (Å²) in [6, 6.07) is 9.40. The Labute approximate surface area is 151 Å². The standard InChI is InChI=1S/C19H21F2N3O2/c1-12(16-9-6-14(20)10-17(16)21)22-11-18(25)23-15-7-4-13(5-8-15)19(26)24(2)3/h4-10,12,22H,11H2,1-3H3,(H,23,25)/t12-/m0/s1. The molecule has 0 heterocycles. The second kappa shape index (κ2) is 8.53. The Morgan fingerprint density at radius 3 is 2.31 bits per heavy atom. The summed E-state index contributed by atoms with van der Waals surface area (Å²) in [7, 11) is 3.32. The Hall–Kier alpha value is -2.80. The number of rotatable bonds is 6. The first kappa shape index (κ1) is 19.5. The van der Waals surface area contributed by atoms with E-state index in [1.165, 1.54) is 17.0 Å². The Kier molecular flexibility index (Phi) is 6.41. The fraction of sp³-hybridized carbons (Fsp3) is 0.263. The van der Waals surface area contributed by atoms with Crippen LogP contribution >= 0.6 is 0 Å². The predicted octanol–water partition coefficient (Wildman–Crippen LogP) is 2.96. The molecule has 2 aromatic carbocycles. The van der Waals surface area contributed by atoms with Gasteiger partial charge in [0.1, 0.15) is 11.6 Å². The summed E-state index contributed by atoms with van der Waals surface area (Å²) in [6.45, 7) is 1.64. The number of hydrogen-bond acceptors (Lipinski definition) is 3. The van der Waals surface area contributed by atoms with Gasteiger partial charge in [0, 0.05) is 43.0 Å². The van der Waals surface area contributed by atoms with E-state index in [1.54, 1.807) is 45.3 Å². The quantitative estimate of drug-likeness (QED) is 0.832. The highest BCUT2D eigenvalue weighted by Crippen LogP contribution is 2.17. The minimum atomic E-state index is -0.661. The molecule has 0 spiro atoms. The molecule has 0 aliphatic rings. The Morgan fingerprint density at radius 2 is 1.73 bits per heavy atom. The van der Waals surface area contributed by atoms with E-state index in [-0.39, 0.29) is 23.9 Å². The number of amides is 2. The number of nitrogens with one attached hydrogen (secondary N) is 2. The first-order valence-corrected chi connectivity index (χ1v) is 8.08. The van der Waals surface area contributed by atoms with Gasteiger partial charge in [0.2, 0.25) is 5.91 Å². The van der Waals surface area contributed by atoms with E-state index in [9.17, 15) is 18.4 Å². The maximum absolute atomic E-state index is 13.7. The van der Waals surface area contributed by atoms with Crippen molar-refractivity contribution < 1.29 is 18.4 Å². The van der Waals surface area contributed by atoms with Crippen molar-refractivity contribution in [1.29, 1.82) is 0 Å². The molecule has 0 saturated heterocycles. The molecule has 0 radical (unpaired) electrons. The summed E-state index contributed by atoms with van der Waals surface area (Å²) in [5.41, 5.74) is 1.35. The summed E-state index contributed by atoms with van der Waals surface area (Å²) in [4.78, 5) is 25.3. The molecular weight excluding hydrogens is 340 g/mol. The average molecular weight is 361 g/mol. The highest BCUT2D eigenvalue weighted by Gasteiger charge is 2.13. The second-order valence-electron chi connectivity index (χ2n) is 6.09. The fourth-order valence-corrected chi connectivity index (χ4v) is 2.37. The van der Waals surface area contributed by atoms with Gasteiger partial charge in [-0.3, -0.25) is 9.59 Å². The van der Waals surface area contributed by atoms with Crippen molar-refractivity contribution in [3.63, 3.8) is 0 Å². The number of carbonyl (C=O) groups excluding carboxylic acids is 2. The molecule has 5 nitrogen and oxygen atoms in total. The van der Waals surface area contributed by atoms with E-state index in [0.29, 0.717) is 11.3 Å². The van der Waals surface area contributed by atoms with Crippen LogP contribution in [0, 0.1) is 11.6 Å². The van der Waals surface area contributed by atoms with Crippen LogP contribution in [0.25, 0.3) is 0 Å². The molecule has 2 rings (SSSR count). The Morgan fingerprint density at radius 1 is 1.08 bits per heavy atom. The topological polar surface area (TPSA) is 61.4 Å². The van der Waals surface area contributed by atoms with Gasteiger partial charge in [0.15, 0.2) is 0 Å². The molecule has 0 fully saturated rings. The summed E-state index contributed by atoms with van der Waals surface area (Å²) in [5.74, 6) is -1.75. The maximum atomic E-state index is 13.7. The molecule has 0 aliphatic heterocycles. The van der Waals surface area contributed by atoms with Gasteiger partial charge in [-0.25, -0.2) is 8.78 Å². The number of carbonyl (C=O) groups is 2. The van der Waals surface area contributed by atoms with Gasteiger partial charge < -0.3 is 15.5 Å². The van der Waals surface area contributed by atoms with E-state index >= 15 is 0 Å². The molecule has 2 aromatic rings. The van der Waals surface area contributed by atoms with Crippen molar-refractivity contribution in [2.45, 2.75) is 13.0 Å². The fourth-order valence-electron chi connectivity index (χ4n) is 2.37. The molecule has 26 heavy (non-hydrogen) atoms. The molecule has 138 valence electrons. The highest BCUT2D eigenvalue weighted by molar-refractivity contribution is 5.96. The van der Waals surface area contributed by atoms with Crippen molar-refractivity contribution in [1.82, 2.24) is 10.2 Å². The van der Waals surface area contributed by atoms with Crippen LogP contribution in [0.5, 0.6) is 0 Å². The number of nitrogens with zero attached hydrogens (tertiary/aromatic N) is 1. The number of anilines is 1. The second-order valence-corrected chi connectivity index (χ2v) is 6.09. The Bertz CT molecular complexity index is 792. The summed E-state index contributed by atoms with van der Waals surface area (Å²) >= 11 is 0. The van der Waals surface area contributed by atoms with Gasteiger partial charge >= 0.3 is 0 Å². The van der Waals surface area contributed by atoms with Crippen molar-refractivity contribution >= 4 is 17.5 Å². The molecule has 0 unspecified atom stereocenters. The zero-order valence-electron chi connectivity index (χ0n) is 14.8. The van der Waals surface area contributed by atoms with Crippen LogP contribution in [0.4, 0.5) is 14.5 Å².